The van der Waals surface area contributed by atoms with Gasteiger partial charge in [-0.3, -0.25) is 4.79 Å². The minimum Gasteiger partial charge on any atom is -0.295 e. The molecule has 0 unspecified atom stereocenters. The fraction of sp³-hybridized carbons (Fsp3) is 0.700. The lowest BCUT2D eigenvalue weighted by molar-refractivity contribution is -0.114. The van der Waals surface area contributed by atoms with E-state index in [-0.39, 0.29) is 5.78 Å². The summed E-state index contributed by atoms with van der Waals surface area (Å²) in [5, 5.41) is 0. The summed E-state index contributed by atoms with van der Waals surface area (Å²) in [5.41, 5.74) is 0. The molecule has 1 heteroatoms. The molecule has 1 nitrogen and oxygen atoms in total. The maximum absolute atomic E-state index is 10.6. The Kier molecular flexibility index (Phi) is 14.4. The van der Waals surface area contributed by atoms with Crippen LogP contribution in [0.2, 0.25) is 0 Å². The first-order valence-corrected chi connectivity index (χ1v) is 4.46. The van der Waals surface area contributed by atoms with Crippen LogP contribution in [-0.2, 0) is 4.79 Å². The molecular formula is C10H20O. The zero-order valence-corrected chi connectivity index (χ0v) is 8.02. The molecule has 0 spiro atoms. The summed E-state index contributed by atoms with van der Waals surface area (Å²) >= 11 is 0. The van der Waals surface area contributed by atoms with Gasteiger partial charge in [-0.2, -0.15) is 0 Å². The number of hydrogen-bond donors (Lipinski definition) is 0. The second-order valence-electron chi connectivity index (χ2n) is 2.13. The summed E-state index contributed by atoms with van der Waals surface area (Å²) < 4.78 is 0. The van der Waals surface area contributed by atoms with Crippen molar-refractivity contribution in [1.29, 1.82) is 0 Å². The Bertz CT molecular complexity index is 95.0. The van der Waals surface area contributed by atoms with Gasteiger partial charge in [-0.05, 0) is 12.5 Å². The highest BCUT2D eigenvalue weighted by Gasteiger charge is 1.92. The van der Waals surface area contributed by atoms with Gasteiger partial charge in [0.2, 0.25) is 0 Å². The van der Waals surface area contributed by atoms with Crippen molar-refractivity contribution in [1.82, 2.24) is 0 Å². The minimum absolute atomic E-state index is 0.170. The Morgan fingerprint density at radius 3 is 2.27 bits per heavy atom. The van der Waals surface area contributed by atoms with Gasteiger partial charge >= 0.3 is 0 Å². The van der Waals surface area contributed by atoms with Crippen molar-refractivity contribution in [2.75, 3.05) is 0 Å². The van der Waals surface area contributed by atoms with Crippen molar-refractivity contribution in [3.8, 4) is 0 Å². The molecule has 0 radical (unpaired) electrons. The molecule has 0 aliphatic heterocycles. The number of allylic oxidation sites excluding steroid dienone is 1. The number of carbonyl (C=O) groups is 1. The maximum Gasteiger partial charge on any atom is 0.155 e. The SMILES string of the molecule is C=CC(=O)CCCCC.CC. The summed E-state index contributed by atoms with van der Waals surface area (Å²) in [4.78, 5) is 10.6. The molecule has 0 aromatic carbocycles. The van der Waals surface area contributed by atoms with Gasteiger partial charge in [0.15, 0.2) is 5.78 Å². The largest absolute Gasteiger partial charge is 0.295 e. The first-order chi connectivity index (χ1) is 5.31. The third-order valence-electron chi connectivity index (χ3n) is 1.25. The van der Waals surface area contributed by atoms with E-state index in [0.29, 0.717) is 6.42 Å². The van der Waals surface area contributed by atoms with Gasteiger partial charge in [-0.25, -0.2) is 0 Å². The van der Waals surface area contributed by atoms with E-state index in [2.05, 4.69) is 13.5 Å². The van der Waals surface area contributed by atoms with Gasteiger partial charge in [0.05, 0.1) is 0 Å². The quantitative estimate of drug-likeness (QED) is 0.440. The molecule has 0 fully saturated rings. The first-order valence-electron chi connectivity index (χ1n) is 4.46. The molecule has 0 aliphatic rings. The topological polar surface area (TPSA) is 17.1 Å². The van der Waals surface area contributed by atoms with E-state index in [4.69, 9.17) is 0 Å². The first kappa shape index (κ1) is 13.0. The molecule has 66 valence electrons. The van der Waals surface area contributed by atoms with E-state index in [9.17, 15) is 4.79 Å². The predicted molar refractivity (Wildman–Crippen MR) is 50.7 cm³/mol. The summed E-state index contributed by atoms with van der Waals surface area (Å²) in [5.74, 6) is 0.170. The molecule has 0 aliphatic carbocycles. The van der Waals surface area contributed by atoms with E-state index in [1.807, 2.05) is 13.8 Å². The van der Waals surface area contributed by atoms with Crippen LogP contribution in [0, 0.1) is 0 Å². The molecular weight excluding hydrogens is 136 g/mol. The van der Waals surface area contributed by atoms with Crippen molar-refractivity contribution >= 4 is 5.78 Å². The Labute approximate surface area is 70.5 Å². The highest BCUT2D eigenvalue weighted by Crippen LogP contribution is 1.99. The van der Waals surface area contributed by atoms with Crippen LogP contribution in [0.5, 0.6) is 0 Å². The highest BCUT2D eigenvalue weighted by molar-refractivity contribution is 5.88. The van der Waals surface area contributed by atoms with Crippen LogP contribution in [0.1, 0.15) is 46.5 Å². The molecule has 11 heavy (non-hydrogen) atoms. The molecule has 0 saturated carbocycles. The van der Waals surface area contributed by atoms with Crippen molar-refractivity contribution in [3.63, 3.8) is 0 Å². The smallest absolute Gasteiger partial charge is 0.155 e. The van der Waals surface area contributed by atoms with Gasteiger partial charge in [0.1, 0.15) is 0 Å². The van der Waals surface area contributed by atoms with Crippen LogP contribution in [-0.4, -0.2) is 5.78 Å². The Morgan fingerprint density at radius 1 is 1.36 bits per heavy atom. The average molecular weight is 156 g/mol. The fourth-order valence-electron chi connectivity index (χ4n) is 0.651. The summed E-state index contributed by atoms with van der Waals surface area (Å²) in [6, 6.07) is 0. The van der Waals surface area contributed by atoms with Crippen LogP contribution in [0.4, 0.5) is 0 Å². The normalized spacial score (nSPS) is 7.91. The third kappa shape index (κ3) is 12.6. The van der Waals surface area contributed by atoms with Gasteiger partial charge < -0.3 is 0 Å². The number of unbranched alkanes of at least 4 members (excludes halogenated alkanes) is 2. The Balaban J connectivity index is 0. The fourth-order valence-corrected chi connectivity index (χ4v) is 0.651. The van der Waals surface area contributed by atoms with Crippen LogP contribution in [0.25, 0.3) is 0 Å². The van der Waals surface area contributed by atoms with Crippen LogP contribution in [0.3, 0.4) is 0 Å². The van der Waals surface area contributed by atoms with E-state index in [1.165, 1.54) is 12.5 Å². The molecule has 0 rings (SSSR count). The summed E-state index contributed by atoms with van der Waals surface area (Å²) in [7, 11) is 0. The minimum atomic E-state index is 0.170. The molecule has 0 amide bonds. The third-order valence-corrected chi connectivity index (χ3v) is 1.25. The van der Waals surface area contributed by atoms with E-state index in [1.54, 1.807) is 0 Å². The average Bonchev–Trinajstić information content (AvgIpc) is 2.08. The van der Waals surface area contributed by atoms with Gasteiger partial charge in [0, 0.05) is 6.42 Å². The number of ketones is 1. The predicted octanol–water partition coefficient (Wildman–Crippen LogP) is 3.35. The second kappa shape index (κ2) is 12.1. The second-order valence-corrected chi connectivity index (χ2v) is 2.13. The van der Waals surface area contributed by atoms with Crippen LogP contribution < -0.4 is 0 Å². The van der Waals surface area contributed by atoms with Crippen LogP contribution in [0.15, 0.2) is 12.7 Å². The number of rotatable bonds is 5. The standard InChI is InChI=1S/C8H14O.C2H6/c1-3-5-6-7-8(9)4-2;1-2/h4H,2-3,5-7H2,1H3;1-2H3. The summed E-state index contributed by atoms with van der Waals surface area (Å²) in [6.07, 6.45) is 5.42. The molecule has 0 atom stereocenters. The van der Waals surface area contributed by atoms with Crippen molar-refractivity contribution < 1.29 is 4.79 Å². The maximum atomic E-state index is 10.6. The zero-order chi connectivity index (χ0) is 9.11. The van der Waals surface area contributed by atoms with Gasteiger partial charge in [-0.1, -0.05) is 40.2 Å². The van der Waals surface area contributed by atoms with Crippen molar-refractivity contribution in [2.24, 2.45) is 0 Å². The van der Waals surface area contributed by atoms with Crippen molar-refractivity contribution in [3.05, 3.63) is 12.7 Å². The zero-order valence-electron chi connectivity index (χ0n) is 8.02. The monoisotopic (exact) mass is 156 g/mol. The highest BCUT2D eigenvalue weighted by atomic mass is 16.1. The molecule has 0 aromatic heterocycles. The Morgan fingerprint density at radius 2 is 1.91 bits per heavy atom. The lowest BCUT2D eigenvalue weighted by atomic mass is 10.1. The van der Waals surface area contributed by atoms with E-state index >= 15 is 0 Å². The summed E-state index contributed by atoms with van der Waals surface area (Å²) in [6.45, 7) is 9.51. The lowest BCUT2D eigenvalue weighted by Gasteiger charge is -1.91. The lowest BCUT2D eigenvalue weighted by Crippen LogP contribution is -1.90. The van der Waals surface area contributed by atoms with Crippen molar-refractivity contribution in [2.45, 2.75) is 46.5 Å². The van der Waals surface area contributed by atoms with E-state index < -0.39 is 0 Å². The number of hydrogen-bond acceptors (Lipinski definition) is 1. The number of carbonyl (C=O) groups excluding carboxylic acids is 1. The molecule has 0 N–H and O–H groups in total. The van der Waals surface area contributed by atoms with Gasteiger partial charge in [0.25, 0.3) is 0 Å². The molecule has 0 aromatic rings. The Hall–Kier alpha value is -0.590. The van der Waals surface area contributed by atoms with Crippen LogP contribution >= 0.6 is 0 Å². The molecule has 0 saturated heterocycles. The van der Waals surface area contributed by atoms with E-state index in [0.717, 1.165) is 12.8 Å². The van der Waals surface area contributed by atoms with Gasteiger partial charge in [-0.15, -0.1) is 0 Å². The molecule has 0 heterocycles. The molecule has 0 bridgehead atoms.